The van der Waals surface area contributed by atoms with Gasteiger partial charge in [-0.25, -0.2) is 9.67 Å². The van der Waals surface area contributed by atoms with Gasteiger partial charge in [0.15, 0.2) is 11.6 Å². The molecule has 0 radical (unpaired) electrons. The molecular formula is C15H20N4O. The minimum absolute atomic E-state index is 0.358. The van der Waals surface area contributed by atoms with E-state index in [1.165, 1.54) is 25.7 Å². The number of hydrogen-bond acceptors (Lipinski definition) is 4. The molecule has 0 unspecified atom stereocenters. The molecule has 0 saturated heterocycles. The fourth-order valence-electron chi connectivity index (χ4n) is 2.66. The summed E-state index contributed by atoms with van der Waals surface area (Å²) in [5.74, 6) is 2.42. The largest absolute Gasteiger partial charge is 0.490 e. The van der Waals surface area contributed by atoms with Crippen molar-refractivity contribution in [3.63, 3.8) is 0 Å². The van der Waals surface area contributed by atoms with Crippen LogP contribution in [0.5, 0.6) is 5.75 Å². The second-order valence-electron chi connectivity index (χ2n) is 5.23. The molecule has 1 fully saturated rings. The number of aryl methyl sites for hydroxylation is 1. The molecule has 106 valence electrons. The van der Waals surface area contributed by atoms with E-state index in [-0.39, 0.29) is 0 Å². The van der Waals surface area contributed by atoms with E-state index in [9.17, 15) is 0 Å². The Hall–Kier alpha value is -1.88. The van der Waals surface area contributed by atoms with Gasteiger partial charge in [-0.15, -0.1) is 0 Å². The number of nitrogens with two attached hydrogens (primary N) is 1. The lowest BCUT2D eigenvalue weighted by molar-refractivity contribution is 0.210. The fourth-order valence-corrected chi connectivity index (χ4v) is 2.66. The molecule has 5 nitrogen and oxygen atoms in total. The summed E-state index contributed by atoms with van der Waals surface area (Å²) in [7, 11) is 1.88. The maximum Gasteiger partial charge on any atom is 0.164 e. The zero-order valence-electron chi connectivity index (χ0n) is 11.7. The predicted molar refractivity (Wildman–Crippen MR) is 77.2 cm³/mol. The standard InChI is InChI=1S/C15H20N4O/c1-19-15(17-14(10-16)18-19)11-6-8-13(9-7-11)20-12-4-2-3-5-12/h6-9,12H,2-5,10,16H2,1H3. The molecule has 5 heteroatoms. The van der Waals surface area contributed by atoms with Crippen molar-refractivity contribution in [2.75, 3.05) is 0 Å². The second-order valence-corrected chi connectivity index (χ2v) is 5.23. The topological polar surface area (TPSA) is 66.0 Å². The summed E-state index contributed by atoms with van der Waals surface area (Å²) < 4.78 is 7.72. The van der Waals surface area contributed by atoms with Crippen LogP contribution in [0.25, 0.3) is 11.4 Å². The van der Waals surface area contributed by atoms with Gasteiger partial charge in [-0.3, -0.25) is 0 Å². The molecular weight excluding hydrogens is 252 g/mol. The van der Waals surface area contributed by atoms with E-state index >= 15 is 0 Å². The molecule has 1 saturated carbocycles. The van der Waals surface area contributed by atoms with Crippen molar-refractivity contribution < 1.29 is 4.74 Å². The van der Waals surface area contributed by atoms with Crippen LogP contribution in [0.2, 0.25) is 0 Å². The predicted octanol–water partition coefficient (Wildman–Crippen LogP) is 2.26. The number of benzene rings is 1. The summed E-state index contributed by atoms with van der Waals surface area (Å²) in [6.45, 7) is 0.358. The van der Waals surface area contributed by atoms with Crippen molar-refractivity contribution >= 4 is 0 Å². The molecule has 2 aromatic rings. The normalized spacial score (nSPS) is 15.7. The van der Waals surface area contributed by atoms with Crippen LogP contribution >= 0.6 is 0 Å². The number of rotatable bonds is 4. The van der Waals surface area contributed by atoms with Crippen molar-refractivity contribution in [3.8, 4) is 17.1 Å². The van der Waals surface area contributed by atoms with Crippen LogP contribution in [0.3, 0.4) is 0 Å². The lowest BCUT2D eigenvalue weighted by Crippen LogP contribution is -2.10. The molecule has 0 bridgehead atoms. The van der Waals surface area contributed by atoms with Crippen molar-refractivity contribution in [1.29, 1.82) is 0 Å². The first-order valence-electron chi connectivity index (χ1n) is 7.13. The summed E-state index contributed by atoms with van der Waals surface area (Å²) >= 11 is 0. The van der Waals surface area contributed by atoms with Gasteiger partial charge < -0.3 is 10.5 Å². The second kappa shape index (κ2) is 5.63. The summed E-state index contributed by atoms with van der Waals surface area (Å²) in [4.78, 5) is 4.42. The summed E-state index contributed by atoms with van der Waals surface area (Å²) in [6, 6.07) is 8.05. The molecule has 1 aromatic carbocycles. The highest BCUT2D eigenvalue weighted by Crippen LogP contribution is 2.26. The Labute approximate surface area is 118 Å². The highest BCUT2D eigenvalue weighted by molar-refractivity contribution is 5.56. The molecule has 2 N–H and O–H groups in total. The Morgan fingerprint density at radius 2 is 1.95 bits per heavy atom. The van der Waals surface area contributed by atoms with Crippen molar-refractivity contribution in [2.24, 2.45) is 12.8 Å². The Balaban J connectivity index is 1.76. The third-order valence-corrected chi connectivity index (χ3v) is 3.71. The van der Waals surface area contributed by atoms with E-state index in [4.69, 9.17) is 10.5 Å². The van der Waals surface area contributed by atoms with Crippen LogP contribution in [0.4, 0.5) is 0 Å². The van der Waals surface area contributed by atoms with E-state index in [0.717, 1.165) is 17.1 Å². The van der Waals surface area contributed by atoms with Crippen LogP contribution in [0.15, 0.2) is 24.3 Å². The average Bonchev–Trinajstić information content (AvgIpc) is 3.09. The monoisotopic (exact) mass is 272 g/mol. The maximum absolute atomic E-state index is 5.96. The molecule has 1 heterocycles. The maximum atomic E-state index is 5.96. The quantitative estimate of drug-likeness (QED) is 0.927. The van der Waals surface area contributed by atoms with Gasteiger partial charge in [0.2, 0.25) is 0 Å². The molecule has 1 aliphatic rings. The van der Waals surface area contributed by atoms with E-state index < -0.39 is 0 Å². The molecule has 1 aliphatic carbocycles. The Kier molecular flexibility index (Phi) is 3.69. The van der Waals surface area contributed by atoms with Crippen LogP contribution < -0.4 is 10.5 Å². The molecule has 0 spiro atoms. The van der Waals surface area contributed by atoms with Crippen molar-refractivity contribution in [2.45, 2.75) is 38.3 Å². The smallest absolute Gasteiger partial charge is 0.164 e. The Bertz CT molecular complexity index is 570. The van der Waals surface area contributed by atoms with Crippen LogP contribution in [-0.2, 0) is 13.6 Å². The van der Waals surface area contributed by atoms with Gasteiger partial charge in [-0.1, -0.05) is 0 Å². The lowest BCUT2D eigenvalue weighted by Gasteiger charge is -2.13. The highest BCUT2D eigenvalue weighted by atomic mass is 16.5. The van der Waals surface area contributed by atoms with Gasteiger partial charge in [0.1, 0.15) is 5.75 Å². The van der Waals surface area contributed by atoms with E-state index in [2.05, 4.69) is 10.1 Å². The first-order valence-corrected chi connectivity index (χ1v) is 7.13. The molecule has 0 amide bonds. The zero-order valence-corrected chi connectivity index (χ0v) is 11.7. The van der Waals surface area contributed by atoms with Gasteiger partial charge in [0, 0.05) is 12.6 Å². The minimum Gasteiger partial charge on any atom is -0.490 e. The van der Waals surface area contributed by atoms with Gasteiger partial charge in [-0.2, -0.15) is 5.10 Å². The van der Waals surface area contributed by atoms with E-state index in [0.29, 0.717) is 18.5 Å². The van der Waals surface area contributed by atoms with E-state index in [1.807, 2.05) is 31.3 Å². The van der Waals surface area contributed by atoms with Crippen molar-refractivity contribution in [3.05, 3.63) is 30.1 Å². The Morgan fingerprint density at radius 3 is 2.55 bits per heavy atom. The van der Waals surface area contributed by atoms with Crippen molar-refractivity contribution in [1.82, 2.24) is 14.8 Å². The minimum atomic E-state index is 0.358. The molecule has 0 atom stereocenters. The highest BCUT2D eigenvalue weighted by Gasteiger charge is 2.16. The number of hydrogen-bond donors (Lipinski definition) is 1. The fraction of sp³-hybridized carbons (Fsp3) is 0.467. The van der Waals surface area contributed by atoms with Gasteiger partial charge in [0.05, 0.1) is 12.6 Å². The molecule has 1 aromatic heterocycles. The molecule has 20 heavy (non-hydrogen) atoms. The van der Waals surface area contributed by atoms with Crippen LogP contribution in [0, 0.1) is 0 Å². The molecule has 3 rings (SSSR count). The zero-order chi connectivity index (χ0) is 13.9. The number of ether oxygens (including phenoxy) is 1. The summed E-state index contributed by atoms with van der Waals surface area (Å²) in [5, 5.41) is 4.26. The number of nitrogens with zero attached hydrogens (tertiary/aromatic N) is 3. The average molecular weight is 272 g/mol. The summed E-state index contributed by atoms with van der Waals surface area (Å²) in [5.41, 5.74) is 6.59. The summed E-state index contributed by atoms with van der Waals surface area (Å²) in [6.07, 6.45) is 5.29. The van der Waals surface area contributed by atoms with Gasteiger partial charge in [0.25, 0.3) is 0 Å². The first kappa shape index (κ1) is 13.1. The number of aromatic nitrogens is 3. The van der Waals surface area contributed by atoms with Gasteiger partial charge >= 0.3 is 0 Å². The SMILES string of the molecule is Cn1nc(CN)nc1-c1ccc(OC2CCCC2)cc1. The lowest BCUT2D eigenvalue weighted by atomic mass is 10.2. The first-order chi connectivity index (χ1) is 9.76. The van der Waals surface area contributed by atoms with Crippen LogP contribution in [0.1, 0.15) is 31.5 Å². The molecule has 0 aliphatic heterocycles. The van der Waals surface area contributed by atoms with Crippen LogP contribution in [-0.4, -0.2) is 20.9 Å². The third-order valence-electron chi connectivity index (χ3n) is 3.71. The Morgan fingerprint density at radius 1 is 1.25 bits per heavy atom. The van der Waals surface area contributed by atoms with E-state index in [1.54, 1.807) is 4.68 Å². The van der Waals surface area contributed by atoms with Gasteiger partial charge in [-0.05, 0) is 49.9 Å². The third kappa shape index (κ3) is 2.67.